The van der Waals surface area contributed by atoms with Crippen molar-refractivity contribution >= 4 is 0 Å². The Bertz CT molecular complexity index is 172. The molecule has 0 aromatic heterocycles. The zero-order valence-electron chi connectivity index (χ0n) is 9.85. The average molecular weight is 222 g/mol. The van der Waals surface area contributed by atoms with E-state index in [2.05, 4.69) is 0 Å². The summed E-state index contributed by atoms with van der Waals surface area (Å²) in [5.41, 5.74) is -0.670. The van der Waals surface area contributed by atoms with Crippen LogP contribution in [0.25, 0.3) is 0 Å². The van der Waals surface area contributed by atoms with E-state index in [4.69, 9.17) is 5.11 Å². The minimum atomic E-state index is -0.830. The van der Waals surface area contributed by atoms with Gasteiger partial charge in [0.2, 0.25) is 0 Å². The molecule has 0 spiro atoms. The van der Waals surface area contributed by atoms with Crippen LogP contribution in [0.5, 0.6) is 0 Å². The molecule has 0 bridgehead atoms. The molecule has 0 aromatic carbocycles. The molecular formula is C10H24NO4+. The summed E-state index contributed by atoms with van der Waals surface area (Å²) < 4.78 is 0.276. The number of quaternary nitrogens is 1. The van der Waals surface area contributed by atoms with E-state index >= 15 is 0 Å². The Kier molecular flexibility index (Phi) is 5.69. The lowest BCUT2D eigenvalue weighted by molar-refractivity contribution is -0.946. The van der Waals surface area contributed by atoms with E-state index in [0.29, 0.717) is 13.0 Å². The molecule has 0 aliphatic rings. The van der Waals surface area contributed by atoms with Gasteiger partial charge in [-0.15, -0.1) is 0 Å². The van der Waals surface area contributed by atoms with Crippen LogP contribution < -0.4 is 0 Å². The number of hydrogen-bond acceptors (Lipinski definition) is 4. The molecule has 0 saturated heterocycles. The third-order valence-corrected chi connectivity index (χ3v) is 3.41. The first kappa shape index (κ1) is 14.8. The van der Waals surface area contributed by atoms with Crippen LogP contribution in [0.2, 0.25) is 0 Å². The van der Waals surface area contributed by atoms with E-state index in [-0.39, 0.29) is 24.3 Å². The highest BCUT2D eigenvalue weighted by Crippen LogP contribution is 2.24. The smallest absolute Gasteiger partial charge is 0.145 e. The molecule has 1 atom stereocenters. The summed E-state index contributed by atoms with van der Waals surface area (Å²) in [6.07, 6.45) is -0.227. The molecule has 0 radical (unpaired) electrons. The van der Waals surface area contributed by atoms with Gasteiger partial charge in [0.05, 0.1) is 20.7 Å². The van der Waals surface area contributed by atoms with Crippen molar-refractivity contribution in [2.75, 3.05) is 40.5 Å². The van der Waals surface area contributed by atoms with Crippen LogP contribution in [-0.2, 0) is 0 Å². The Morgan fingerprint density at radius 3 is 1.87 bits per heavy atom. The number of nitrogens with zero attached hydrogens (tertiary/aromatic N) is 1. The maximum atomic E-state index is 9.41. The molecule has 0 saturated carbocycles. The van der Waals surface area contributed by atoms with Crippen LogP contribution in [-0.4, -0.2) is 77.0 Å². The van der Waals surface area contributed by atoms with Crippen LogP contribution in [0.3, 0.4) is 0 Å². The minimum Gasteiger partial charge on any atom is -0.393 e. The second-order valence-corrected chi connectivity index (χ2v) is 4.60. The van der Waals surface area contributed by atoms with E-state index in [9.17, 15) is 15.3 Å². The van der Waals surface area contributed by atoms with Crippen LogP contribution in [0.15, 0.2) is 0 Å². The summed E-state index contributed by atoms with van der Waals surface area (Å²) in [7, 11) is 3.66. The Balaban J connectivity index is 4.77. The third kappa shape index (κ3) is 3.12. The highest BCUT2D eigenvalue weighted by molar-refractivity contribution is 4.78. The second kappa shape index (κ2) is 5.77. The first-order chi connectivity index (χ1) is 6.89. The van der Waals surface area contributed by atoms with Crippen molar-refractivity contribution in [3.63, 3.8) is 0 Å². The second-order valence-electron chi connectivity index (χ2n) is 4.60. The van der Waals surface area contributed by atoms with Gasteiger partial charge in [-0.25, -0.2) is 0 Å². The first-order valence-corrected chi connectivity index (χ1v) is 5.23. The molecule has 5 nitrogen and oxygen atoms in total. The van der Waals surface area contributed by atoms with Crippen molar-refractivity contribution in [3.8, 4) is 0 Å². The number of rotatable bonds is 7. The summed E-state index contributed by atoms with van der Waals surface area (Å²) in [6, 6.07) is 0. The van der Waals surface area contributed by atoms with Crippen molar-refractivity contribution < 1.29 is 24.9 Å². The lowest BCUT2D eigenvalue weighted by Crippen LogP contribution is -2.65. The molecule has 0 fully saturated rings. The molecular weight excluding hydrogens is 198 g/mol. The summed E-state index contributed by atoms with van der Waals surface area (Å²) in [5.74, 6) is 0. The van der Waals surface area contributed by atoms with Crippen molar-refractivity contribution in [2.24, 2.45) is 0 Å². The topological polar surface area (TPSA) is 80.9 Å². The van der Waals surface area contributed by atoms with Gasteiger partial charge in [-0.2, -0.15) is 0 Å². The molecule has 0 aliphatic carbocycles. The molecule has 0 amide bonds. The van der Waals surface area contributed by atoms with Crippen LogP contribution in [0, 0.1) is 0 Å². The fourth-order valence-corrected chi connectivity index (χ4v) is 1.86. The summed E-state index contributed by atoms with van der Waals surface area (Å²) in [4.78, 5) is 0. The number of aliphatic hydroxyl groups is 4. The van der Waals surface area contributed by atoms with Crippen molar-refractivity contribution in [2.45, 2.75) is 25.0 Å². The van der Waals surface area contributed by atoms with Gasteiger partial charge >= 0.3 is 0 Å². The lowest BCUT2D eigenvalue weighted by Gasteiger charge is -2.47. The maximum absolute atomic E-state index is 9.41. The predicted octanol–water partition coefficient (Wildman–Crippen LogP) is -1.45. The number of hydrogen-bond donors (Lipinski definition) is 4. The van der Waals surface area contributed by atoms with Gasteiger partial charge in [0.25, 0.3) is 0 Å². The molecule has 92 valence electrons. The Hall–Kier alpha value is -0.200. The van der Waals surface area contributed by atoms with Gasteiger partial charge in [0.1, 0.15) is 31.4 Å². The normalized spacial score (nSPS) is 15.4. The minimum absolute atomic E-state index is 0.148. The van der Waals surface area contributed by atoms with Gasteiger partial charge < -0.3 is 24.9 Å². The fourth-order valence-electron chi connectivity index (χ4n) is 1.86. The van der Waals surface area contributed by atoms with E-state index in [1.807, 2.05) is 21.0 Å². The Morgan fingerprint density at radius 1 is 1.13 bits per heavy atom. The van der Waals surface area contributed by atoms with Crippen molar-refractivity contribution in [3.05, 3.63) is 0 Å². The summed E-state index contributed by atoms with van der Waals surface area (Å²) in [6.45, 7) is 1.58. The van der Waals surface area contributed by atoms with E-state index in [0.717, 1.165) is 0 Å². The Labute approximate surface area is 91.2 Å². The fraction of sp³-hybridized carbons (Fsp3) is 1.00. The lowest BCUT2D eigenvalue weighted by atomic mass is 9.93. The van der Waals surface area contributed by atoms with Crippen LogP contribution in [0.4, 0.5) is 0 Å². The zero-order valence-corrected chi connectivity index (χ0v) is 9.85. The van der Waals surface area contributed by atoms with Gasteiger partial charge in [0.15, 0.2) is 0 Å². The SMILES string of the molecule is CCC(CO)(CO)[N+](C)(C)CC(O)CO. The summed E-state index contributed by atoms with van der Waals surface area (Å²) in [5, 5.41) is 37.0. The number of likely N-dealkylation sites (N-methyl/N-ethyl adjacent to an activating group) is 1. The van der Waals surface area contributed by atoms with E-state index < -0.39 is 11.6 Å². The van der Waals surface area contributed by atoms with Crippen molar-refractivity contribution in [1.82, 2.24) is 0 Å². The van der Waals surface area contributed by atoms with Crippen LogP contribution in [0.1, 0.15) is 13.3 Å². The van der Waals surface area contributed by atoms with Crippen molar-refractivity contribution in [1.29, 1.82) is 0 Å². The predicted molar refractivity (Wildman–Crippen MR) is 57.3 cm³/mol. The molecule has 5 heteroatoms. The van der Waals surface area contributed by atoms with Gasteiger partial charge in [0, 0.05) is 6.42 Å². The quantitative estimate of drug-likeness (QED) is 0.397. The van der Waals surface area contributed by atoms with Gasteiger partial charge in [-0.05, 0) is 0 Å². The van der Waals surface area contributed by atoms with E-state index in [1.54, 1.807) is 0 Å². The molecule has 4 N–H and O–H groups in total. The first-order valence-electron chi connectivity index (χ1n) is 5.23. The molecule has 0 rings (SSSR count). The largest absolute Gasteiger partial charge is 0.393 e. The third-order valence-electron chi connectivity index (χ3n) is 3.41. The van der Waals surface area contributed by atoms with Gasteiger partial charge in [-0.1, -0.05) is 6.92 Å². The van der Waals surface area contributed by atoms with E-state index in [1.165, 1.54) is 0 Å². The monoisotopic (exact) mass is 222 g/mol. The summed E-state index contributed by atoms with van der Waals surface area (Å²) >= 11 is 0. The number of aliphatic hydroxyl groups excluding tert-OH is 4. The zero-order chi connectivity index (χ0) is 12.1. The standard InChI is InChI=1S/C10H24NO4/c1-4-10(7-13,8-14)11(2,3)5-9(15)6-12/h9,12-15H,4-8H2,1-3H3/q+1. The molecule has 0 aromatic rings. The van der Waals surface area contributed by atoms with Gasteiger partial charge in [-0.3, -0.25) is 0 Å². The molecule has 1 unspecified atom stereocenters. The highest BCUT2D eigenvalue weighted by Gasteiger charge is 2.44. The highest BCUT2D eigenvalue weighted by atomic mass is 16.3. The maximum Gasteiger partial charge on any atom is 0.145 e. The average Bonchev–Trinajstić information content (AvgIpc) is 2.20. The van der Waals surface area contributed by atoms with Crippen LogP contribution >= 0.6 is 0 Å². The molecule has 15 heavy (non-hydrogen) atoms. The molecule has 0 heterocycles. The Morgan fingerprint density at radius 2 is 1.60 bits per heavy atom. The molecule has 0 aliphatic heterocycles.